The highest BCUT2D eigenvalue weighted by atomic mass is 16.1. The van der Waals surface area contributed by atoms with Crippen LogP contribution in [0.5, 0.6) is 0 Å². The summed E-state index contributed by atoms with van der Waals surface area (Å²) < 4.78 is 1.73. The number of nitrogens with zero attached hydrogens (tertiary/aromatic N) is 1. The van der Waals surface area contributed by atoms with E-state index in [0.29, 0.717) is 5.69 Å². The summed E-state index contributed by atoms with van der Waals surface area (Å²) in [5.74, 6) is 0. The van der Waals surface area contributed by atoms with Crippen molar-refractivity contribution in [2.45, 2.75) is 40.2 Å². The fourth-order valence-electron chi connectivity index (χ4n) is 1.74. The van der Waals surface area contributed by atoms with Crippen LogP contribution in [0.4, 0.5) is 5.69 Å². The highest BCUT2D eigenvalue weighted by Crippen LogP contribution is 2.16. The van der Waals surface area contributed by atoms with E-state index in [4.69, 9.17) is 5.73 Å². The van der Waals surface area contributed by atoms with Gasteiger partial charge in [0, 0.05) is 11.2 Å². The Bertz CT molecular complexity index is 411. The van der Waals surface area contributed by atoms with Crippen molar-refractivity contribution in [3.05, 3.63) is 27.7 Å². The van der Waals surface area contributed by atoms with Gasteiger partial charge in [-0.1, -0.05) is 0 Å². The van der Waals surface area contributed by atoms with Gasteiger partial charge in [-0.05, 0) is 46.2 Å². The fourth-order valence-corrected chi connectivity index (χ4v) is 1.74. The summed E-state index contributed by atoms with van der Waals surface area (Å²) in [5, 5.41) is 0. The second-order valence-corrected chi connectivity index (χ2v) is 4.69. The van der Waals surface area contributed by atoms with Gasteiger partial charge >= 0.3 is 0 Å². The standard InChI is InChI=1S/C11H18N2O/c1-7-6-8(2)13(11(3,4)5)10(14)9(7)12/h6H,12H2,1-5H3. The van der Waals surface area contributed by atoms with Crippen molar-refractivity contribution >= 4 is 5.69 Å². The molecule has 0 unspecified atom stereocenters. The number of rotatable bonds is 0. The molecule has 0 saturated carbocycles. The van der Waals surface area contributed by atoms with Gasteiger partial charge in [-0.15, -0.1) is 0 Å². The van der Waals surface area contributed by atoms with Crippen LogP contribution in [0.15, 0.2) is 10.9 Å². The van der Waals surface area contributed by atoms with Crippen LogP contribution < -0.4 is 11.3 Å². The van der Waals surface area contributed by atoms with Crippen LogP contribution in [-0.4, -0.2) is 4.57 Å². The van der Waals surface area contributed by atoms with Gasteiger partial charge in [0.15, 0.2) is 0 Å². The first-order chi connectivity index (χ1) is 6.25. The molecule has 0 bridgehead atoms. The SMILES string of the molecule is Cc1cc(C)n(C(C)(C)C)c(=O)c1N. The molecule has 3 heteroatoms. The molecule has 0 amide bonds. The van der Waals surface area contributed by atoms with E-state index in [0.717, 1.165) is 11.3 Å². The number of aryl methyl sites for hydroxylation is 2. The summed E-state index contributed by atoms with van der Waals surface area (Å²) in [6.07, 6.45) is 0. The third-order valence-corrected chi connectivity index (χ3v) is 2.31. The number of aromatic nitrogens is 1. The second kappa shape index (κ2) is 3.15. The number of hydrogen-bond acceptors (Lipinski definition) is 2. The zero-order chi connectivity index (χ0) is 11.1. The minimum absolute atomic E-state index is 0.0880. The number of nitrogen functional groups attached to an aromatic ring is 1. The molecule has 0 atom stereocenters. The molecule has 78 valence electrons. The minimum atomic E-state index is -0.219. The third-order valence-electron chi connectivity index (χ3n) is 2.31. The van der Waals surface area contributed by atoms with Crippen LogP contribution in [0.25, 0.3) is 0 Å². The molecule has 1 rings (SSSR count). The molecule has 14 heavy (non-hydrogen) atoms. The Balaban J connectivity index is 3.62. The number of nitrogens with two attached hydrogens (primary N) is 1. The lowest BCUT2D eigenvalue weighted by atomic mass is 10.1. The summed E-state index contributed by atoms with van der Waals surface area (Å²) in [7, 11) is 0. The quantitative estimate of drug-likeness (QED) is 0.684. The van der Waals surface area contributed by atoms with E-state index >= 15 is 0 Å². The Labute approximate surface area is 84.6 Å². The fraction of sp³-hybridized carbons (Fsp3) is 0.545. The molecule has 0 aromatic carbocycles. The van der Waals surface area contributed by atoms with Crippen molar-refractivity contribution in [3.8, 4) is 0 Å². The zero-order valence-electron chi connectivity index (χ0n) is 9.51. The first-order valence-electron chi connectivity index (χ1n) is 4.74. The molecule has 1 aromatic heterocycles. The monoisotopic (exact) mass is 194 g/mol. The molecular weight excluding hydrogens is 176 g/mol. The van der Waals surface area contributed by atoms with E-state index < -0.39 is 0 Å². The van der Waals surface area contributed by atoms with E-state index in [1.165, 1.54) is 0 Å². The van der Waals surface area contributed by atoms with Crippen molar-refractivity contribution < 1.29 is 0 Å². The molecular formula is C11H18N2O. The topological polar surface area (TPSA) is 48.0 Å². The molecule has 0 aliphatic heterocycles. The summed E-state index contributed by atoms with van der Waals surface area (Å²) in [5.41, 5.74) is 7.57. The molecule has 0 radical (unpaired) electrons. The van der Waals surface area contributed by atoms with E-state index in [9.17, 15) is 4.79 Å². The molecule has 0 fully saturated rings. The lowest BCUT2D eigenvalue weighted by molar-refractivity contribution is 0.376. The summed E-state index contributed by atoms with van der Waals surface area (Å²) >= 11 is 0. The van der Waals surface area contributed by atoms with Crippen LogP contribution in [0.2, 0.25) is 0 Å². The molecule has 3 nitrogen and oxygen atoms in total. The largest absolute Gasteiger partial charge is 0.394 e. The maximum absolute atomic E-state index is 11.9. The van der Waals surface area contributed by atoms with Crippen LogP contribution in [0, 0.1) is 13.8 Å². The van der Waals surface area contributed by atoms with E-state index in [1.807, 2.05) is 40.7 Å². The molecule has 2 N–H and O–H groups in total. The van der Waals surface area contributed by atoms with Gasteiger partial charge in [-0.25, -0.2) is 0 Å². The van der Waals surface area contributed by atoms with E-state index in [2.05, 4.69) is 0 Å². The molecule has 1 heterocycles. The predicted octanol–water partition coefficient (Wildman–Crippen LogP) is 1.80. The van der Waals surface area contributed by atoms with Gasteiger partial charge in [0.25, 0.3) is 5.56 Å². The minimum Gasteiger partial charge on any atom is -0.394 e. The van der Waals surface area contributed by atoms with Crippen molar-refractivity contribution in [1.29, 1.82) is 0 Å². The predicted molar refractivity (Wildman–Crippen MR) is 59.6 cm³/mol. The lowest BCUT2D eigenvalue weighted by Crippen LogP contribution is -2.36. The van der Waals surface area contributed by atoms with Crippen molar-refractivity contribution in [2.24, 2.45) is 0 Å². The van der Waals surface area contributed by atoms with Gasteiger partial charge in [-0.3, -0.25) is 4.79 Å². The summed E-state index contributed by atoms with van der Waals surface area (Å²) in [6, 6.07) is 1.95. The Morgan fingerprint density at radius 2 is 1.79 bits per heavy atom. The molecule has 0 aliphatic rings. The number of anilines is 1. The summed E-state index contributed by atoms with van der Waals surface area (Å²) in [4.78, 5) is 11.9. The first kappa shape index (κ1) is 10.8. The van der Waals surface area contributed by atoms with Crippen LogP contribution in [-0.2, 0) is 5.54 Å². The van der Waals surface area contributed by atoms with Crippen LogP contribution >= 0.6 is 0 Å². The van der Waals surface area contributed by atoms with Gasteiger partial charge in [-0.2, -0.15) is 0 Å². The molecule has 1 aromatic rings. The molecule has 0 aliphatic carbocycles. The zero-order valence-corrected chi connectivity index (χ0v) is 9.51. The van der Waals surface area contributed by atoms with Gasteiger partial charge in [0.2, 0.25) is 0 Å². The van der Waals surface area contributed by atoms with Gasteiger partial charge in [0.05, 0.1) is 0 Å². The third kappa shape index (κ3) is 1.67. The smallest absolute Gasteiger partial charge is 0.274 e. The average Bonchev–Trinajstić information content (AvgIpc) is 1.97. The maximum Gasteiger partial charge on any atom is 0.274 e. The van der Waals surface area contributed by atoms with E-state index in [1.54, 1.807) is 4.57 Å². The highest BCUT2D eigenvalue weighted by Gasteiger charge is 2.18. The number of hydrogen-bond donors (Lipinski definition) is 1. The highest BCUT2D eigenvalue weighted by molar-refractivity contribution is 5.45. The van der Waals surface area contributed by atoms with Gasteiger partial charge < -0.3 is 10.3 Å². The number of pyridine rings is 1. The molecule has 0 saturated heterocycles. The van der Waals surface area contributed by atoms with Gasteiger partial charge in [0.1, 0.15) is 5.69 Å². The van der Waals surface area contributed by atoms with Crippen LogP contribution in [0.3, 0.4) is 0 Å². The Morgan fingerprint density at radius 3 is 2.21 bits per heavy atom. The van der Waals surface area contributed by atoms with Crippen molar-refractivity contribution in [2.75, 3.05) is 5.73 Å². The Kier molecular flexibility index (Phi) is 2.44. The second-order valence-electron chi connectivity index (χ2n) is 4.69. The average molecular weight is 194 g/mol. The normalized spacial score (nSPS) is 11.8. The van der Waals surface area contributed by atoms with E-state index in [-0.39, 0.29) is 11.1 Å². The Hall–Kier alpha value is -1.25. The summed E-state index contributed by atoms with van der Waals surface area (Å²) in [6.45, 7) is 9.78. The first-order valence-corrected chi connectivity index (χ1v) is 4.74. The van der Waals surface area contributed by atoms with Crippen molar-refractivity contribution in [1.82, 2.24) is 4.57 Å². The van der Waals surface area contributed by atoms with Crippen LogP contribution in [0.1, 0.15) is 32.0 Å². The maximum atomic E-state index is 11.9. The van der Waals surface area contributed by atoms with Crippen molar-refractivity contribution in [3.63, 3.8) is 0 Å². The molecule has 0 spiro atoms. The lowest BCUT2D eigenvalue weighted by Gasteiger charge is -2.25. The Morgan fingerprint density at radius 1 is 1.29 bits per heavy atom.